The Morgan fingerprint density at radius 1 is 1.29 bits per heavy atom. The van der Waals surface area contributed by atoms with E-state index in [0.717, 1.165) is 5.69 Å². The molecule has 4 nitrogen and oxygen atoms in total. The number of anilines is 1. The van der Waals surface area contributed by atoms with E-state index in [2.05, 4.69) is 9.97 Å². The van der Waals surface area contributed by atoms with Gasteiger partial charge in [-0.2, -0.15) is 0 Å². The van der Waals surface area contributed by atoms with Crippen molar-refractivity contribution in [3.8, 4) is 11.6 Å². The second-order valence-electron chi connectivity index (χ2n) is 3.66. The van der Waals surface area contributed by atoms with Crippen molar-refractivity contribution in [2.75, 3.05) is 5.73 Å². The van der Waals surface area contributed by atoms with Crippen LogP contribution in [0.2, 0.25) is 5.02 Å². The van der Waals surface area contributed by atoms with Gasteiger partial charge in [-0.1, -0.05) is 17.7 Å². The number of benzene rings is 1. The lowest BCUT2D eigenvalue weighted by Gasteiger charge is -2.10. The summed E-state index contributed by atoms with van der Waals surface area (Å²) in [5.74, 6) is 0.835. The van der Waals surface area contributed by atoms with E-state index in [-0.39, 0.29) is 0 Å². The number of hydrogen-bond donors (Lipinski definition) is 1. The summed E-state index contributed by atoms with van der Waals surface area (Å²) in [6.07, 6.45) is 1.68. The van der Waals surface area contributed by atoms with E-state index in [1.807, 2.05) is 13.8 Å². The number of aromatic nitrogens is 2. The van der Waals surface area contributed by atoms with E-state index < -0.39 is 0 Å². The van der Waals surface area contributed by atoms with Crippen LogP contribution in [-0.2, 0) is 0 Å². The fourth-order valence-corrected chi connectivity index (χ4v) is 1.56. The predicted molar refractivity (Wildman–Crippen MR) is 67.4 cm³/mol. The maximum Gasteiger partial charge on any atom is 0.241 e. The zero-order valence-electron chi connectivity index (χ0n) is 9.57. The Labute approximate surface area is 104 Å². The van der Waals surface area contributed by atoms with E-state index in [1.165, 1.54) is 0 Å². The summed E-state index contributed by atoms with van der Waals surface area (Å²) < 4.78 is 5.62. The van der Waals surface area contributed by atoms with Crippen molar-refractivity contribution in [2.24, 2.45) is 0 Å². The van der Waals surface area contributed by atoms with Crippen LogP contribution in [0.1, 0.15) is 11.4 Å². The Balaban J connectivity index is 2.41. The molecule has 5 heteroatoms. The summed E-state index contributed by atoms with van der Waals surface area (Å²) in [4.78, 5) is 8.41. The zero-order valence-corrected chi connectivity index (χ0v) is 10.3. The first-order valence-electron chi connectivity index (χ1n) is 5.10. The number of nitrogens with two attached hydrogens (primary N) is 1. The lowest BCUT2D eigenvalue weighted by molar-refractivity contribution is 0.456. The quantitative estimate of drug-likeness (QED) is 0.831. The molecule has 2 rings (SSSR count). The first kappa shape index (κ1) is 11.7. The maximum absolute atomic E-state index is 6.02. The average Bonchev–Trinajstić information content (AvgIpc) is 2.28. The Morgan fingerprint density at radius 3 is 2.76 bits per heavy atom. The van der Waals surface area contributed by atoms with Gasteiger partial charge in [-0.25, -0.2) is 4.98 Å². The van der Waals surface area contributed by atoms with E-state index in [0.29, 0.717) is 28.0 Å². The van der Waals surface area contributed by atoms with Gasteiger partial charge >= 0.3 is 0 Å². The van der Waals surface area contributed by atoms with Crippen molar-refractivity contribution in [3.63, 3.8) is 0 Å². The number of halogens is 1. The number of aryl methyl sites for hydroxylation is 2. The van der Waals surface area contributed by atoms with Crippen LogP contribution >= 0.6 is 11.6 Å². The van der Waals surface area contributed by atoms with Gasteiger partial charge in [0.25, 0.3) is 0 Å². The Morgan fingerprint density at radius 2 is 2.06 bits per heavy atom. The second kappa shape index (κ2) is 4.59. The highest BCUT2D eigenvalue weighted by Crippen LogP contribution is 2.34. The fourth-order valence-electron chi connectivity index (χ4n) is 1.34. The summed E-state index contributed by atoms with van der Waals surface area (Å²) >= 11 is 6.02. The molecule has 0 amide bonds. The normalized spacial score (nSPS) is 10.3. The first-order chi connectivity index (χ1) is 8.08. The molecule has 2 N–H and O–H groups in total. The van der Waals surface area contributed by atoms with Gasteiger partial charge in [0.1, 0.15) is 0 Å². The van der Waals surface area contributed by atoms with E-state index in [1.54, 1.807) is 24.4 Å². The largest absolute Gasteiger partial charge is 0.433 e. The van der Waals surface area contributed by atoms with Crippen molar-refractivity contribution in [1.82, 2.24) is 9.97 Å². The van der Waals surface area contributed by atoms with Crippen molar-refractivity contribution in [2.45, 2.75) is 13.8 Å². The Bertz CT molecular complexity index is 537. The molecule has 1 aromatic carbocycles. The number of ether oxygens (including phenoxy) is 1. The Hall–Kier alpha value is -1.81. The lowest BCUT2D eigenvalue weighted by atomic mass is 10.3. The monoisotopic (exact) mass is 249 g/mol. The number of nitrogens with zero attached hydrogens (tertiary/aromatic N) is 2. The molecule has 0 fully saturated rings. The first-order valence-corrected chi connectivity index (χ1v) is 5.48. The van der Waals surface area contributed by atoms with E-state index >= 15 is 0 Å². The van der Waals surface area contributed by atoms with Gasteiger partial charge in [-0.05, 0) is 26.0 Å². The highest BCUT2D eigenvalue weighted by molar-refractivity contribution is 6.32. The third kappa shape index (κ3) is 2.47. The van der Waals surface area contributed by atoms with Crippen LogP contribution in [-0.4, -0.2) is 9.97 Å². The fraction of sp³-hybridized carbons (Fsp3) is 0.167. The molecule has 0 unspecified atom stereocenters. The number of para-hydroxylation sites is 1. The summed E-state index contributed by atoms with van der Waals surface area (Å²) in [7, 11) is 0. The number of rotatable bonds is 2. The van der Waals surface area contributed by atoms with Gasteiger partial charge in [-0.3, -0.25) is 4.98 Å². The SMILES string of the molecule is Cc1cnc(C)c(Oc2c(N)cccc2Cl)n1. The maximum atomic E-state index is 6.02. The summed E-state index contributed by atoms with van der Waals surface area (Å²) in [5.41, 5.74) is 7.74. The molecule has 0 saturated carbocycles. The summed E-state index contributed by atoms with van der Waals surface area (Å²) in [6, 6.07) is 5.20. The smallest absolute Gasteiger partial charge is 0.241 e. The molecule has 17 heavy (non-hydrogen) atoms. The van der Waals surface area contributed by atoms with E-state index in [9.17, 15) is 0 Å². The van der Waals surface area contributed by atoms with Crippen LogP contribution in [0.3, 0.4) is 0 Å². The third-order valence-corrected chi connectivity index (χ3v) is 2.53. The Kier molecular flexibility index (Phi) is 3.15. The van der Waals surface area contributed by atoms with Crippen LogP contribution in [0.25, 0.3) is 0 Å². The molecule has 88 valence electrons. The van der Waals surface area contributed by atoms with Gasteiger partial charge in [0.05, 0.1) is 22.1 Å². The molecule has 0 bridgehead atoms. The van der Waals surface area contributed by atoms with Crippen molar-refractivity contribution in [3.05, 3.63) is 40.8 Å². The van der Waals surface area contributed by atoms with Crippen LogP contribution in [0, 0.1) is 13.8 Å². The summed E-state index contributed by atoms with van der Waals surface area (Å²) in [6.45, 7) is 3.66. The standard InChI is InChI=1S/C12H12ClN3O/c1-7-6-15-8(2)12(16-7)17-11-9(13)4-3-5-10(11)14/h3-6H,14H2,1-2H3. The van der Waals surface area contributed by atoms with Crippen LogP contribution < -0.4 is 10.5 Å². The topological polar surface area (TPSA) is 61.0 Å². The highest BCUT2D eigenvalue weighted by Gasteiger charge is 2.10. The predicted octanol–water partition coefficient (Wildman–Crippen LogP) is 3.12. The van der Waals surface area contributed by atoms with Crippen LogP contribution in [0.15, 0.2) is 24.4 Å². The van der Waals surface area contributed by atoms with Crippen molar-refractivity contribution < 1.29 is 4.74 Å². The van der Waals surface area contributed by atoms with Crippen LogP contribution in [0.4, 0.5) is 5.69 Å². The minimum atomic E-state index is 0.414. The molecule has 1 aromatic heterocycles. The molecular formula is C12H12ClN3O. The molecule has 0 aliphatic rings. The molecule has 0 spiro atoms. The van der Waals surface area contributed by atoms with Crippen molar-refractivity contribution in [1.29, 1.82) is 0 Å². The molecule has 0 atom stereocenters. The highest BCUT2D eigenvalue weighted by atomic mass is 35.5. The van der Waals surface area contributed by atoms with Gasteiger partial charge < -0.3 is 10.5 Å². The minimum absolute atomic E-state index is 0.414. The molecule has 0 aliphatic heterocycles. The van der Waals surface area contributed by atoms with E-state index in [4.69, 9.17) is 22.1 Å². The zero-order chi connectivity index (χ0) is 12.4. The van der Waals surface area contributed by atoms with Gasteiger partial charge in [0.15, 0.2) is 5.75 Å². The molecular weight excluding hydrogens is 238 g/mol. The van der Waals surface area contributed by atoms with Crippen LogP contribution in [0.5, 0.6) is 11.6 Å². The molecule has 0 aliphatic carbocycles. The molecule has 0 radical (unpaired) electrons. The van der Waals surface area contributed by atoms with Crippen molar-refractivity contribution >= 4 is 17.3 Å². The second-order valence-corrected chi connectivity index (χ2v) is 4.07. The van der Waals surface area contributed by atoms with Gasteiger partial charge in [0.2, 0.25) is 5.88 Å². The lowest BCUT2D eigenvalue weighted by Crippen LogP contribution is -1.98. The average molecular weight is 250 g/mol. The number of nitrogen functional groups attached to an aromatic ring is 1. The molecule has 1 heterocycles. The molecule has 2 aromatic rings. The molecule has 0 saturated heterocycles. The number of hydrogen-bond acceptors (Lipinski definition) is 4. The third-order valence-electron chi connectivity index (χ3n) is 2.23. The minimum Gasteiger partial charge on any atom is -0.433 e. The van der Waals surface area contributed by atoms with Gasteiger partial charge in [0, 0.05) is 6.20 Å². The summed E-state index contributed by atoms with van der Waals surface area (Å²) in [5, 5.41) is 0.452. The van der Waals surface area contributed by atoms with Gasteiger partial charge in [-0.15, -0.1) is 0 Å².